The van der Waals surface area contributed by atoms with Crippen LogP contribution in [0.1, 0.15) is 55.6 Å². The third-order valence-corrected chi connectivity index (χ3v) is 9.01. The Balaban J connectivity index is 1.27. The molecule has 5 nitrogen and oxygen atoms in total. The number of rotatable bonds is 5. The van der Waals surface area contributed by atoms with E-state index in [1.165, 1.54) is 10.2 Å². The smallest absolute Gasteiger partial charge is 0.145 e. The first-order chi connectivity index (χ1) is 22.4. The molecular formula is C38H34F4N4O. The van der Waals surface area contributed by atoms with Crippen LogP contribution in [-0.4, -0.2) is 31.7 Å². The van der Waals surface area contributed by atoms with Crippen molar-refractivity contribution >= 4 is 21.8 Å². The van der Waals surface area contributed by atoms with E-state index in [0.29, 0.717) is 28.6 Å². The molecule has 0 fully saturated rings. The van der Waals surface area contributed by atoms with Gasteiger partial charge in [0.25, 0.3) is 0 Å². The average molecular weight is 639 g/mol. The van der Waals surface area contributed by atoms with Gasteiger partial charge in [0.05, 0.1) is 28.3 Å². The predicted molar refractivity (Wildman–Crippen MR) is 177 cm³/mol. The van der Waals surface area contributed by atoms with Crippen molar-refractivity contribution in [3.05, 3.63) is 119 Å². The first-order valence-electron chi connectivity index (χ1n) is 15.6. The number of hydrogen-bond acceptors (Lipinski definition) is 3. The van der Waals surface area contributed by atoms with Gasteiger partial charge >= 0.3 is 0 Å². The van der Waals surface area contributed by atoms with Crippen molar-refractivity contribution in [1.82, 2.24) is 19.3 Å². The fraction of sp³-hybridized carbons (Fsp3) is 0.263. The molecule has 0 spiro atoms. The van der Waals surface area contributed by atoms with Crippen LogP contribution in [0.4, 0.5) is 17.6 Å². The zero-order valence-electron chi connectivity index (χ0n) is 26.7. The summed E-state index contributed by atoms with van der Waals surface area (Å²) in [6.45, 7) is 9.74. The summed E-state index contributed by atoms with van der Waals surface area (Å²) in [5.74, 6) is -2.31. The summed E-state index contributed by atoms with van der Waals surface area (Å²) in [4.78, 5) is 4.74. The van der Waals surface area contributed by atoms with Gasteiger partial charge in [0, 0.05) is 46.8 Å². The zero-order chi connectivity index (χ0) is 33.2. The fourth-order valence-electron chi connectivity index (χ4n) is 6.62. The SMILES string of the molecule is Cc1nn(-c2cccc(Oc3ccc4c5ccccc5n(-c5cc(C(C)(C)C)ccn5)c4c3)c2)c(C)c1[C@@H]1C(F)=C(F)C[C@H](F)[C@@H]1F. The van der Waals surface area contributed by atoms with Crippen molar-refractivity contribution in [3.63, 3.8) is 0 Å². The molecule has 0 bridgehead atoms. The lowest BCUT2D eigenvalue weighted by Crippen LogP contribution is -2.31. The minimum absolute atomic E-state index is 0.0529. The Labute approximate surface area is 270 Å². The molecule has 3 aromatic carbocycles. The largest absolute Gasteiger partial charge is 0.457 e. The van der Waals surface area contributed by atoms with Gasteiger partial charge < -0.3 is 4.74 Å². The van der Waals surface area contributed by atoms with E-state index in [-0.39, 0.29) is 11.0 Å². The lowest BCUT2D eigenvalue weighted by Gasteiger charge is -2.27. The number of pyridine rings is 1. The number of nitrogens with zero attached hydrogens (tertiary/aromatic N) is 4. The minimum Gasteiger partial charge on any atom is -0.457 e. The van der Waals surface area contributed by atoms with Crippen LogP contribution in [0.25, 0.3) is 33.3 Å². The Bertz CT molecular complexity index is 2190. The van der Waals surface area contributed by atoms with Crippen LogP contribution in [-0.2, 0) is 5.41 Å². The van der Waals surface area contributed by atoms with Crippen LogP contribution in [0.3, 0.4) is 0 Å². The molecule has 9 heteroatoms. The maximum Gasteiger partial charge on any atom is 0.145 e. The summed E-state index contributed by atoms with van der Waals surface area (Å²) in [5, 5.41) is 6.66. The van der Waals surface area contributed by atoms with Gasteiger partial charge in [0.2, 0.25) is 0 Å². The number of allylic oxidation sites excluding steroid dienone is 2. The Morgan fingerprint density at radius 1 is 0.830 bits per heavy atom. The van der Waals surface area contributed by atoms with Crippen LogP contribution in [0, 0.1) is 13.8 Å². The van der Waals surface area contributed by atoms with Crippen molar-refractivity contribution < 1.29 is 22.3 Å². The van der Waals surface area contributed by atoms with Gasteiger partial charge in [0.1, 0.15) is 41.3 Å². The molecule has 0 N–H and O–H groups in total. The summed E-state index contributed by atoms with van der Waals surface area (Å²) in [6.07, 6.45) is -3.41. The van der Waals surface area contributed by atoms with E-state index in [2.05, 4.69) is 48.6 Å². The lowest BCUT2D eigenvalue weighted by molar-refractivity contribution is 0.117. The Morgan fingerprint density at radius 3 is 2.36 bits per heavy atom. The van der Waals surface area contributed by atoms with Gasteiger partial charge in [-0.1, -0.05) is 45.0 Å². The number of fused-ring (bicyclic) bond motifs is 3. The monoisotopic (exact) mass is 638 g/mol. The molecule has 6 aromatic rings. The highest BCUT2D eigenvalue weighted by Crippen LogP contribution is 2.44. The maximum atomic E-state index is 14.9. The summed E-state index contributed by atoms with van der Waals surface area (Å²) < 4.78 is 68.3. The van der Waals surface area contributed by atoms with Gasteiger partial charge in [-0.15, -0.1) is 0 Å². The fourth-order valence-corrected chi connectivity index (χ4v) is 6.62. The van der Waals surface area contributed by atoms with E-state index in [9.17, 15) is 17.6 Å². The number of benzene rings is 3. The minimum atomic E-state index is -2.21. The zero-order valence-corrected chi connectivity index (χ0v) is 26.7. The molecule has 0 radical (unpaired) electrons. The number of halogens is 4. The van der Waals surface area contributed by atoms with Crippen LogP contribution in [0.5, 0.6) is 11.5 Å². The van der Waals surface area contributed by atoms with Crippen molar-refractivity contribution in [3.8, 4) is 23.0 Å². The molecule has 0 amide bonds. The van der Waals surface area contributed by atoms with E-state index in [1.807, 2.05) is 42.6 Å². The number of aryl methyl sites for hydroxylation is 1. The van der Waals surface area contributed by atoms with Crippen LogP contribution in [0.15, 0.2) is 96.7 Å². The summed E-state index contributed by atoms with van der Waals surface area (Å²) in [5.41, 5.74) is 4.47. The standard InChI is InChI=1S/C38H34F4N4O/c1-21-34(35-36(41)29(39)20-30(40)37(35)42)22(2)46(44-21)24-9-8-10-25(18-24)47-26-13-14-28-27-11-6-7-12-31(27)45(32(28)19-26)33-17-23(15-16-43-33)38(3,4)5/h6-19,29,35-36H,20H2,1-5H3/t29-,35-,36-/m0/s1. The van der Waals surface area contributed by atoms with E-state index < -0.39 is 36.3 Å². The van der Waals surface area contributed by atoms with Gasteiger partial charge in [-0.05, 0) is 67.3 Å². The molecule has 3 atom stereocenters. The molecule has 7 rings (SSSR count). The van der Waals surface area contributed by atoms with E-state index in [0.717, 1.165) is 27.6 Å². The molecule has 47 heavy (non-hydrogen) atoms. The second-order valence-corrected chi connectivity index (χ2v) is 13.2. The lowest BCUT2D eigenvalue weighted by atomic mass is 9.84. The van der Waals surface area contributed by atoms with Gasteiger partial charge in [-0.25, -0.2) is 27.2 Å². The Hall–Kier alpha value is -4.92. The predicted octanol–water partition coefficient (Wildman–Crippen LogP) is 10.4. The highest BCUT2D eigenvalue weighted by Gasteiger charge is 2.43. The van der Waals surface area contributed by atoms with Crippen molar-refractivity contribution in [2.45, 2.75) is 64.7 Å². The first-order valence-corrected chi connectivity index (χ1v) is 15.6. The molecule has 1 aliphatic rings. The summed E-state index contributed by atoms with van der Waals surface area (Å²) in [7, 11) is 0. The molecule has 3 aromatic heterocycles. The Kier molecular flexibility index (Phi) is 7.45. The van der Waals surface area contributed by atoms with E-state index >= 15 is 0 Å². The molecule has 3 heterocycles. The van der Waals surface area contributed by atoms with Crippen LogP contribution >= 0.6 is 0 Å². The third kappa shape index (κ3) is 5.27. The molecule has 0 unspecified atom stereocenters. The van der Waals surface area contributed by atoms with E-state index in [1.54, 1.807) is 38.1 Å². The number of aromatic nitrogens is 4. The molecule has 0 aliphatic heterocycles. The van der Waals surface area contributed by atoms with Crippen molar-refractivity contribution in [2.75, 3.05) is 0 Å². The number of ether oxygens (including phenoxy) is 1. The highest BCUT2D eigenvalue weighted by molar-refractivity contribution is 6.09. The summed E-state index contributed by atoms with van der Waals surface area (Å²) in [6, 6.07) is 25.4. The molecule has 0 saturated heterocycles. The highest BCUT2D eigenvalue weighted by atomic mass is 19.2. The third-order valence-electron chi connectivity index (χ3n) is 9.01. The molecule has 0 saturated carbocycles. The number of hydrogen-bond donors (Lipinski definition) is 0. The molecule has 1 aliphatic carbocycles. The maximum absolute atomic E-state index is 14.9. The van der Waals surface area contributed by atoms with Gasteiger partial charge in [-0.2, -0.15) is 5.10 Å². The van der Waals surface area contributed by atoms with Crippen LogP contribution < -0.4 is 4.74 Å². The normalized spacial score (nSPS) is 18.8. The van der Waals surface area contributed by atoms with Crippen molar-refractivity contribution in [2.24, 2.45) is 0 Å². The van der Waals surface area contributed by atoms with Crippen molar-refractivity contribution in [1.29, 1.82) is 0 Å². The summed E-state index contributed by atoms with van der Waals surface area (Å²) >= 11 is 0. The second-order valence-electron chi connectivity index (χ2n) is 13.2. The quantitative estimate of drug-likeness (QED) is 0.177. The molecule has 240 valence electrons. The molecular weight excluding hydrogens is 604 g/mol. The Morgan fingerprint density at radius 2 is 1.57 bits per heavy atom. The van der Waals surface area contributed by atoms with Gasteiger partial charge in [0.15, 0.2) is 0 Å². The second kappa shape index (κ2) is 11.4. The number of alkyl halides is 2. The van der Waals surface area contributed by atoms with E-state index in [4.69, 9.17) is 9.72 Å². The average Bonchev–Trinajstić information content (AvgIpc) is 3.53. The first kappa shape index (κ1) is 30.7. The number of para-hydroxylation sites is 1. The van der Waals surface area contributed by atoms with Gasteiger partial charge in [-0.3, -0.25) is 4.57 Å². The topological polar surface area (TPSA) is 44.9 Å². The van der Waals surface area contributed by atoms with Crippen LogP contribution in [0.2, 0.25) is 0 Å².